The predicted molar refractivity (Wildman–Crippen MR) is 92.4 cm³/mol. The molecule has 0 aromatic heterocycles. The van der Waals surface area contributed by atoms with Gasteiger partial charge < -0.3 is 25.4 Å². The minimum absolute atomic E-state index is 0.178. The topological polar surface area (TPSA) is 72.1 Å². The Morgan fingerprint density at radius 1 is 1.22 bits per heavy atom. The van der Waals surface area contributed by atoms with Gasteiger partial charge >= 0.3 is 0 Å². The summed E-state index contributed by atoms with van der Waals surface area (Å²) in [5.74, 6) is 1.97. The van der Waals surface area contributed by atoms with E-state index < -0.39 is 0 Å². The van der Waals surface area contributed by atoms with Gasteiger partial charge in [-0.1, -0.05) is 0 Å². The van der Waals surface area contributed by atoms with Crippen molar-refractivity contribution in [2.24, 2.45) is 10.7 Å². The summed E-state index contributed by atoms with van der Waals surface area (Å²) in [6.45, 7) is 2.09. The van der Waals surface area contributed by atoms with Crippen LogP contribution in [0.2, 0.25) is 0 Å². The van der Waals surface area contributed by atoms with Gasteiger partial charge in [-0.05, 0) is 45.5 Å². The predicted octanol–water partition coefficient (Wildman–Crippen LogP) is 2.06. The van der Waals surface area contributed by atoms with Gasteiger partial charge in [0.25, 0.3) is 0 Å². The molecule has 0 unspecified atom stereocenters. The van der Waals surface area contributed by atoms with Crippen molar-refractivity contribution in [1.82, 2.24) is 4.90 Å². The van der Waals surface area contributed by atoms with Crippen LogP contribution in [0.5, 0.6) is 11.5 Å². The third-order valence-electron chi connectivity index (χ3n) is 4.80. The Morgan fingerprint density at radius 3 is 2.61 bits per heavy atom. The van der Waals surface area contributed by atoms with Crippen LogP contribution in [0, 0.1) is 0 Å². The Kier molecular flexibility index (Phi) is 4.61. The minimum atomic E-state index is 0.178. The van der Waals surface area contributed by atoms with Gasteiger partial charge in [0.05, 0.1) is 19.8 Å². The summed E-state index contributed by atoms with van der Waals surface area (Å²) in [5, 5.41) is 3.15. The molecule has 126 valence electrons. The number of likely N-dealkylation sites (N-methyl/N-ethyl adjacent to an activating group) is 1. The summed E-state index contributed by atoms with van der Waals surface area (Å²) in [6, 6.07) is 5.75. The van der Waals surface area contributed by atoms with Crippen LogP contribution in [0.4, 0.5) is 5.69 Å². The number of guanidine groups is 1. The van der Waals surface area contributed by atoms with Gasteiger partial charge in [-0.3, -0.25) is 4.99 Å². The number of nitrogens with one attached hydrogen (secondary N) is 1. The summed E-state index contributed by atoms with van der Waals surface area (Å²) in [5.41, 5.74) is 7.09. The van der Waals surface area contributed by atoms with Crippen LogP contribution < -0.4 is 20.5 Å². The first-order valence-electron chi connectivity index (χ1n) is 8.23. The molecule has 1 aromatic rings. The lowest BCUT2D eigenvalue weighted by Crippen LogP contribution is -2.52. The maximum atomic E-state index is 6.05. The van der Waals surface area contributed by atoms with E-state index >= 15 is 0 Å². The monoisotopic (exact) mass is 318 g/mol. The maximum Gasteiger partial charge on any atom is 0.193 e. The zero-order valence-electron chi connectivity index (χ0n) is 14.0. The molecule has 0 bridgehead atoms. The molecule has 0 spiro atoms. The Labute approximate surface area is 137 Å². The van der Waals surface area contributed by atoms with Gasteiger partial charge in [-0.2, -0.15) is 0 Å². The van der Waals surface area contributed by atoms with Crippen molar-refractivity contribution in [2.45, 2.75) is 31.2 Å². The second-order valence-corrected chi connectivity index (χ2v) is 6.51. The molecule has 6 heteroatoms. The molecular weight excluding hydrogens is 292 g/mol. The molecule has 1 aliphatic heterocycles. The number of anilines is 1. The molecule has 2 aliphatic rings. The van der Waals surface area contributed by atoms with E-state index in [4.69, 9.17) is 15.2 Å². The van der Waals surface area contributed by atoms with Crippen molar-refractivity contribution < 1.29 is 9.47 Å². The molecule has 1 aromatic carbocycles. The SMILES string of the molecule is CN(C)C1(CN=C(N)Nc2ccc3c(c2)OCCCO3)CCC1. The highest BCUT2D eigenvalue weighted by molar-refractivity contribution is 5.92. The molecule has 3 rings (SSSR count). The molecule has 6 nitrogen and oxygen atoms in total. The highest BCUT2D eigenvalue weighted by atomic mass is 16.5. The molecule has 1 heterocycles. The lowest BCUT2D eigenvalue weighted by molar-refractivity contribution is 0.0700. The van der Waals surface area contributed by atoms with Gasteiger partial charge in [0.1, 0.15) is 0 Å². The van der Waals surface area contributed by atoms with Crippen LogP contribution in [-0.4, -0.2) is 50.3 Å². The quantitative estimate of drug-likeness (QED) is 0.657. The summed E-state index contributed by atoms with van der Waals surface area (Å²) in [7, 11) is 4.23. The fraction of sp³-hybridized carbons (Fsp3) is 0.588. The van der Waals surface area contributed by atoms with E-state index in [0.29, 0.717) is 19.2 Å². The van der Waals surface area contributed by atoms with Crippen molar-refractivity contribution in [1.29, 1.82) is 0 Å². The van der Waals surface area contributed by atoms with Gasteiger partial charge in [0.2, 0.25) is 0 Å². The Balaban J connectivity index is 1.64. The summed E-state index contributed by atoms with van der Waals surface area (Å²) in [4.78, 5) is 6.80. The van der Waals surface area contributed by atoms with Crippen molar-refractivity contribution in [2.75, 3.05) is 39.2 Å². The first-order valence-corrected chi connectivity index (χ1v) is 8.23. The smallest absolute Gasteiger partial charge is 0.193 e. The van der Waals surface area contributed by atoms with Gasteiger partial charge in [0.15, 0.2) is 17.5 Å². The average molecular weight is 318 g/mol. The normalized spacial score (nSPS) is 19.9. The number of aliphatic imine (C=N–C) groups is 1. The molecule has 0 radical (unpaired) electrons. The molecule has 1 saturated carbocycles. The van der Waals surface area contributed by atoms with Crippen molar-refractivity contribution in [3.05, 3.63) is 18.2 Å². The molecule has 1 fully saturated rings. The number of rotatable bonds is 4. The maximum absolute atomic E-state index is 6.05. The van der Waals surface area contributed by atoms with E-state index in [2.05, 4.69) is 29.3 Å². The van der Waals surface area contributed by atoms with E-state index in [0.717, 1.165) is 30.2 Å². The number of hydrogen-bond acceptors (Lipinski definition) is 4. The first kappa shape index (κ1) is 15.9. The molecular formula is C17H26N4O2. The first-order chi connectivity index (χ1) is 11.1. The van der Waals surface area contributed by atoms with E-state index in [1.807, 2.05) is 18.2 Å². The lowest BCUT2D eigenvalue weighted by atomic mass is 9.76. The third-order valence-corrected chi connectivity index (χ3v) is 4.80. The second kappa shape index (κ2) is 6.66. The van der Waals surface area contributed by atoms with Crippen LogP contribution in [0.25, 0.3) is 0 Å². The number of nitrogens with two attached hydrogens (primary N) is 1. The number of benzene rings is 1. The Morgan fingerprint density at radius 2 is 1.96 bits per heavy atom. The summed E-state index contributed by atoms with van der Waals surface area (Å²) < 4.78 is 11.3. The average Bonchev–Trinajstić information content (AvgIpc) is 2.70. The molecule has 0 atom stereocenters. The van der Waals surface area contributed by atoms with Crippen LogP contribution in [0.3, 0.4) is 0 Å². The molecule has 1 aliphatic carbocycles. The molecule has 23 heavy (non-hydrogen) atoms. The van der Waals surface area contributed by atoms with Crippen LogP contribution >= 0.6 is 0 Å². The third kappa shape index (κ3) is 3.52. The standard InChI is InChI=1S/C17H26N4O2/c1-21(2)17(7-3-8-17)12-19-16(18)20-13-5-6-14-15(11-13)23-10-4-9-22-14/h5-6,11H,3-4,7-10,12H2,1-2H3,(H3,18,19,20). The fourth-order valence-electron chi connectivity index (χ4n) is 2.99. The van der Waals surface area contributed by atoms with E-state index in [9.17, 15) is 0 Å². The molecule has 0 saturated heterocycles. The van der Waals surface area contributed by atoms with Crippen molar-refractivity contribution in [3.8, 4) is 11.5 Å². The van der Waals surface area contributed by atoms with E-state index in [1.165, 1.54) is 19.3 Å². The highest BCUT2D eigenvalue weighted by Gasteiger charge is 2.38. The molecule has 3 N–H and O–H groups in total. The minimum Gasteiger partial charge on any atom is -0.490 e. The van der Waals surface area contributed by atoms with Crippen LogP contribution in [-0.2, 0) is 0 Å². The fourth-order valence-corrected chi connectivity index (χ4v) is 2.99. The van der Waals surface area contributed by atoms with Crippen molar-refractivity contribution in [3.63, 3.8) is 0 Å². The second-order valence-electron chi connectivity index (χ2n) is 6.51. The zero-order valence-corrected chi connectivity index (χ0v) is 14.0. The number of fused-ring (bicyclic) bond motifs is 1. The Bertz CT molecular complexity index is 582. The highest BCUT2D eigenvalue weighted by Crippen LogP contribution is 2.36. The summed E-state index contributed by atoms with van der Waals surface area (Å²) in [6.07, 6.45) is 4.53. The Hall–Kier alpha value is -1.95. The largest absolute Gasteiger partial charge is 0.490 e. The van der Waals surface area contributed by atoms with Crippen LogP contribution in [0.1, 0.15) is 25.7 Å². The summed E-state index contributed by atoms with van der Waals surface area (Å²) >= 11 is 0. The number of nitrogens with zero attached hydrogens (tertiary/aromatic N) is 2. The lowest BCUT2D eigenvalue weighted by Gasteiger charge is -2.46. The van der Waals surface area contributed by atoms with Crippen LogP contribution in [0.15, 0.2) is 23.2 Å². The number of ether oxygens (including phenoxy) is 2. The number of hydrogen-bond donors (Lipinski definition) is 2. The van der Waals surface area contributed by atoms with Crippen molar-refractivity contribution >= 4 is 11.6 Å². The molecule has 0 amide bonds. The van der Waals surface area contributed by atoms with Gasteiger partial charge in [0, 0.05) is 23.7 Å². The van der Waals surface area contributed by atoms with E-state index in [1.54, 1.807) is 0 Å². The van der Waals surface area contributed by atoms with Gasteiger partial charge in [-0.25, -0.2) is 0 Å². The zero-order chi connectivity index (χ0) is 16.3. The van der Waals surface area contributed by atoms with E-state index in [-0.39, 0.29) is 5.54 Å². The van der Waals surface area contributed by atoms with Gasteiger partial charge in [-0.15, -0.1) is 0 Å².